The van der Waals surface area contributed by atoms with E-state index in [0.29, 0.717) is 0 Å². The summed E-state index contributed by atoms with van der Waals surface area (Å²) in [6.07, 6.45) is 7.15. The first-order valence-corrected chi connectivity index (χ1v) is 3.80. The average Bonchev–Trinajstić information content (AvgIpc) is 2.29. The van der Waals surface area contributed by atoms with Crippen LogP contribution in [-0.4, -0.2) is 15.4 Å². The number of nitrogens with one attached hydrogen (secondary N) is 1. The number of hydrogen-bond acceptors (Lipinski definition) is 2. The van der Waals surface area contributed by atoms with Crippen LogP contribution in [0.15, 0.2) is 6.20 Å². The standard InChI is InChI=1S/C7H11N3/c1-2-6(3-1)4-7-5-8-10-9-7/h5-6H,1-4H2,(H,8,9,10). The lowest BCUT2D eigenvalue weighted by Crippen LogP contribution is -2.13. The molecule has 1 saturated carbocycles. The van der Waals surface area contributed by atoms with Crippen LogP contribution < -0.4 is 0 Å². The molecule has 3 nitrogen and oxygen atoms in total. The van der Waals surface area contributed by atoms with Crippen molar-refractivity contribution in [2.24, 2.45) is 5.92 Å². The van der Waals surface area contributed by atoms with Gasteiger partial charge >= 0.3 is 0 Å². The van der Waals surface area contributed by atoms with Crippen LogP contribution in [0.5, 0.6) is 0 Å². The molecule has 1 aromatic rings. The molecule has 0 atom stereocenters. The smallest absolute Gasteiger partial charge is 0.0722 e. The van der Waals surface area contributed by atoms with E-state index >= 15 is 0 Å². The Morgan fingerprint density at radius 3 is 3.00 bits per heavy atom. The molecule has 1 aliphatic rings. The molecule has 10 heavy (non-hydrogen) atoms. The van der Waals surface area contributed by atoms with Crippen LogP contribution in [0.2, 0.25) is 0 Å². The SMILES string of the molecule is c1nn[nH]c1CC1CCC1. The Bertz CT molecular complexity index is 189. The van der Waals surface area contributed by atoms with Gasteiger partial charge in [0.05, 0.1) is 11.9 Å². The molecule has 0 unspecified atom stereocenters. The number of aromatic amines is 1. The summed E-state index contributed by atoms with van der Waals surface area (Å²) in [5.41, 5.74) is 1.18. The second kappa shape index (κ2) is 2.40. The third kappa shape index (κ3) is 1.03. The quantitative estimate of drug-likeness (QED) is 0.664. The molecule has 0 saturated heterocycles. The van der Waals surface area contributed by atoms with Gasteiger partial charge < -0.3 is 0 Å². The zero-order valence-electron chi connectivity index (χ0n) is 5.88. The molecule has 0 bridgehead atoms. The molecule has 1 fully saturated rings. The Kier molecular flexibility index (Phi) is 1.42. The molecule has 54 valence electrons. The predicted octanol–water partition coefficient (Wildman–Crippen LogP) is 1.15. The maximum Gasteiger partial charge on any atom is 0.0722 e. The molecule has 0 spiro atoms. The molecule has 2 rings (SSSR count). The van der Waals surface area contributed by atoms with Gasteiger partial charge in [0.1, 0.15) is 0 Å². The van der Waals surface area contributed by atoms with Crippen LogP contribution in [0.1, 0.15) is 25.0 Å². The maximum absolute atomic E-state index is 3.73. The van der Waals surface area contributed by atoms with E-state index in [4.69, 9.17) is 0 Å². The first-order chi connectivity index (χ1) is 4.95. The van der Waals surface area contributed by atoms with E-state index in [1.807, 2.05) is 6.20 Å². The Morgan fingerprint density at radius 1 is 1.60 bits per heavy atom. The average molecular weight is 137 g/mol. The van der Waals surface area contributed by atoms with Crippen LogP contribution in [0.25, 0.3) is 0 Å². The van der Waals surface area contributed by atoms with Crippen LogP contribution in [0, 0.1) is 5.92 Å². The van der Waals surface area contributed by atoms with E-state index in [0.717, 1.165) is 12.3 Å². The predicted molar refractivity (Wildman–Crippen MR) is 37.4 cm³/mol. The second-order valence-corrected chi connectivity index (χ2v) is 2.98. The van der Waals surface area contributed by atoms with Crippen LogP contribution in [-0.2, 0) is 6.42 Å². The van der Waals surface area contributed by atoms with E-state index in [9.17, 15) is 0 Å². The van der Waals surface area contributed by atoms with Crippen molar-refractivity contribution in [3.63, 3.8) is 0 Å². The summed E-state index contributed by atoms with van der Waals surface area (Å²) in [5, 5.41) is 10.3. The minimum atomic E-state index is 0.905. The zero-order valence-corrected chi connectivity index (χ0v) is 5.88. The van der Waals surface area contributed by atoms with Gasteiger partial charge in [0.2, 0.25) is 0 Å². The number of rotatable bonds is 2. The van der Waals surface area contributed by atoms with Crippen molar-refractivity contribution in [3.05, 3.63) is 11.9 Å². The Labute approximate surface area is 59.8 Å². The van der Waals surface area contributed by atoms with Crippen molar-refractivity contribution in [2.45, 2.75) is 25.7 Å². The van der Waals surface area contributed by atoms with Gasteiger partial charge in [-0.05, 0) is 12.3 Å². The van der Waals surface area contributed by atoms with Crippen molar-refractivity contribution < 1.29 is 0 Å². The third-order valence-electron chi connectivity index (χ3n) is 2.20. The lowest BCUT2D eigenvalue weighted by molar-refractivity contribution is 0.312. The van der Waals surface area contributed by atoms with Crippen LogP contribution in [0.4, 0.5) is 0 Å². The first kappa shape index (κ1) is 5.89. The summed E-state index contributed by atoms with van der Waals surface area (Å²) in [7, 11) is 0. The van der Waals surface area contributed by atoms with Crippen LogP contribution >= 0.6 is 0 Å². The lowest BCUT2D eigenvalue weighted by Gasteiger charge is -2.23. The highest BCUT2D eigenvalue weighted by Gasteiger charge is 2.17. The summed E-state index contributed by atoms with van der Waals surface area (Å²) in [5.74, 6) is 0.905. The molecular formula is C7H11N3. The van der Waals surface area contributed by atoms with Crippen molar-refractivity contribution in [2.75, 3.05) is 0 Å². The number of H-pyrrole nitrogens is 1. The second-order valence-electron chi connectivity index (χ2n) is 2.98. The molecule has 0 aliphatic heterocycles. The topological polar surface area (TPSA) is 41.6 Å². The maximum atomic E-state index is 3.73. The lowest BCUT2D eigenvalue weighted by atomic mass is 9.82. The summed E-state index contributed by atoms with van der Waals surface area (Å²) in [6, 6.07) is 0. The van der Waals surface area contributed by atoms with Crippen molar-refractivity contribution in [3.8, 4) is 0 Å². The monoisotopic (exact) mass is 137 g/mol. The molecule has 1 N–H and O–H groups in total. The Hall–Kier alpha value is -0.860. The van der Waals surface area contributed by atoms with Crippen molar-refractivity contribution in [1.82, 2.24) is 15.4 Å². The van der Waals surface area contributed by atoms with Gasteiger partial charge in [-0.1, -0.05) is 24.5 Å². The number of aromatic nitrogens is 3. The van der Waals surface area contributed by atoms with E-state index in [-0.39, 0.29) is 0 Å². The summed E-state index contributed by atoms with van der Waals surface area (Å²) in [6.45, 7) is 0. The highest BCUT2D eigenvalue weighted by Crippen LogP contribution is 2.28. The Morgan fingerprint density at radius 2 is 2.50 bits per heavy atom. The van der Waals surface area contributed by atoms with Gasteiger partial charge in [0.15, 0.2) is 0 Å². The summed E-state index contributed by atoms with van der Waals surface area (Å²) in [4.78, 5) is 0. The zero-order chi connectivity index (χ0) is 6.81. The molecule has 1 aromatic heterocycles. The fourth-order valence-electron chi connectivity index (χ4n) is 1.33. The van der Waals surface area contributed by atoms with E-state index in [1.54, 1.807) is 0 Å². The van der Waals surface area contributed by atoms with Gasteiger partial charge in [-0.25, -0.2) is 0 Å². The first-order valence-electron chi connectivity index (χ1n) is 3.80. The van der Waals surface area contributed by atoms with Crippen molar-refractivity contribution >= 4 is 0 Å². The van der Waals surface area contributed by atoms with E-state index in [2.05, 4.69) is 15.4 Å². The fraction of sp³-hybridized carbons (Fsp3) is 0.714. The van der Waals surface area contributed by atoms with Gasteiger partial charge in [0.25, 0.3) is 0 Å². The Balaban J connectivity index is 1.90. The van der Waals surface area contributed by atoms with Gasteiger partial charge in [-0.15, -0.1) is 5.10 Å². The number of nitrogens with zero attached hydrogens (tertiary/aromatic N) is 2. The van der Waals surface area contributed by atoms with Gasteiger partial charge in [-0.2, -0.15) is 0 Å². The minimum Gasteiger partial charge on any atom is -0.262 e. The van der Waals surface area contributed by atoms with E-state index in [1.165, 1.54) is 25.0 Å². The normalized spacial score (nSPS) is 18.8. The molecule has 0 aromatic carbocycles. The van der Waals surface area contributed by atoms with E-state index < -0.39 is 0 Å². The van der Waals surface area contributed by atoms with Crippen molar-refractivity contribution in [1.29, 1.82) is 0 Å². The third-order valence-corrected chi connectivity index (χ3v) is 2.20. The highest BCUT2D eigenvalue weighted by atomic mass is 15.3. The molecule has 1 aliphatic carbocycles. The molecule has 1 heterocycles. The molecule has 0 radical (unpaired) electrons. The summed E-state index contributed by atoms with van der Waals surface area (Å²) < 4.78 is 0. The fourth-order valence-corrected chi connectivity index (χ4v) is 1.33. The van der Waals surface area contributed by atoms with Gasteiger partial charge in [-0.3, -0.25) is 5.10 Å². The minimum absolute atomic E-state index is 0.905. The largest absolute Gasteiger partial charge is 0.262 e. The van der Waals surface area contributed by atoms with Gasteiger partial charge in [0, 0.05) is 0 Å². The van der Waals surface area contributed by atoms with Crippen LogP contribution in [0.3, 0.4) is 0 Å². The highest BCUT2D eigenvalue weighted by molar-refractivity contribution is 4.94. The summed E-state index contributed by atoms with van der Waals surface area (Å²) >= 11 is 0. The molecule has 3 heteroatoms. The molecule has 0 amide bonds. The molecular weight excluding hydrogens is 126 g/mol. The number of hydrogen-bond donors (Lipinski definition) is 1.